The molecule has 3 aromatic rings. The fraction of sp³-hybridized carbons (Fsp3) is 0.222. The van der Waals surface area contributed by atoms with Gasteiger partial charge in [0.25, 0.3) is 0 Å². The number of hydrogen-bond acceptors (Lipinski definition) is 4. The Balaban J connectivity index is 1.85. The molecule has 0 saturated heterocycles. The third-order valence-corrected chi connectivity index (χ3v) is 3.66. The van der Waals surface area contributed by atoms with E-state index in [1.807, 2.05) is 43.3 Å². The molecule has 0 aliphatic heterocycles. The molecule has 0 aliphatic rings. The first-order chi connectivity index (χ1) is 11.2. The minimum atomic E-state index is -0.299. The van der Waals surface area contributed by atoms with Gasteiger partial charge in [-0.05, 0) is 18.1 Å². The second-order valence-electron chi connectivity index (χ2n) is 5.37. The van der Waals surface area contributed by atoms with Crippen LogP contribution >= 0.6 is 11.6 Å². The largest absolute Gasteiger partial charge is 0.406 e. The maximum absolute atomic E-state index is 6.03. The average Bonchev–Trinajstić information content (AvgIpc) is 3.06. The minimum Gasteiger partial charge on any atom is -0.406 e. The lowest BCUT2D eigenvalue weighted by molar-refractivity contribution is 0.480. The van der Waals surface area contributed by atoms with E-state index in [9.17, 15) is 0 Å². The van der Waals surface area contributed by atoms with Crippen LogP contribution in [0, 0.1) is 0 Å². The highest BCUT2D eigenvalue weighted by Gasteiger charge is 2.17. The molecule has 0 radical (unpaired) electrons. The number of nitrogens with zero attached hydrogens (tertiary/aromatic N) is 3. The van der Waals surface area contributed by atoms with Gasteiger partial charge in [-0.15, -0.1) is 16.7 Å². The zero-order valence-corrected chi connectivity index (χ0v) is 13.6. The molecular weight excluding hydrogens is 310 g/mol. The Kier molecular flexibility index (Phi) is 4.93. The van der Waals surface area contributed by atoms with E-state index in [1.54, 1.807) is 0 Å². The topological polar surface area (TPSA) is 42.2 Å². The lowest BCUT2D eigenvalue weighted by atomic mass is 10.2. The third kappa shape index (κ3) is 4.11. The molecule has 1 aromatic heterocycles. The molecule has 0 aliphatic carbocycles. The molecule has 1 unspecified atom stereocenters. The van der Waals surface area contributed by atoms with Crippen molar-refractivity contribution in [2.45, 2.75) is 25.4 Å². The van der Waals surface area contributed by atoms with Gasteiger partial charge >= 0.3 is 6.01 Å². The Morgan fingerprint density at radius 2 is 1.43 bits per heavy atom. The van der Waals surface area contributed by atoms with Crippen molar-refractivity contribution in [2.24, 2.45) is 0 Å². The van der Waals surface area contributed by atoms with Crippen molar-refractivity contribution < 1.29 is 4.42 Å². The summed E-state index contributed by atoms with van der Waals surface area (Å²) in [6, 6.07) is 20.9. The molecule has 0 N–H and O–H groups in total. The van der Waals surface area contributed by atoms with E-state index in [4.69, 9.17) is 16.0 Å². The lowest BCUT2D eigenvalue weighted by Gasteiger charge is -2.20. The Bertz CT molecular complexity index is 687. The molecule has 0 fully saturated rings. The summed E-state index contributed by atoms with van der Waals surface area (Å²) < 4.78 is 5.72. The minimum absolute atomic E-state index is 0.299. The maximum atomic E-state index is 6.03. The SMILES string of the molecule is CC(Cl)c1nnc(N(Cc2ccccc2)Cc2ccccc2)o1. The molecule has 0 amide bonds. The number of alkyl halides is 1. The summed E-state index contributed by atoms with van der Waals surface area (Å²) in [5.74, 6) is 0.438. The third-order valence-electron chi connectivity index (χ3n) is 3.47. The predicted octanol–water partition coefficient (Wildman–Crippen LogP) is 4.58. The van der Waals surface area contributed by atoms with Crippen molar-refractivity contribution >= 4 is 17.6 Å². The molecule has 118 valence electrons. The van der Waals surface area contributed by atoms with Crippen LogP contribution in [-0.4, -0.2) is 10.2 Å². The Morgan fingerprint density at radius 1 is 0.913 bits per heavy atom. The summed E-state index contributed by atoms with van der Waals surface area (Å²) in [4.78, 5) is 2.06. The van der Waals surface area contributed by atoms with Crippen LogP contribution in [0.15, 0.2) is 65.1 Å². The second kappa shape index (κ2) is 7.29. The molecule has 1 heterocycles. The van der Waals surface area contributed by atoms with Crippen molar-refractivity contribution in [3.63, 3.8) is 0 Å². The Labute approximate surface area is 140 Å². The summed E-state index contributed by atoms with van der Waals surface area (Å²) in [7, 11) is 0. The van der Waals surface area contributed by atoms with Gasteiger partial charge in [0.05, 0.1) is 0 Å². The van der Waals surface area contributed by atoms with E-state index in [2.05, 4.69) is 39.4 Å². The summed E-state index contributed by atoms with van der Waals surface area (Å²) in [6.45, 7) is 3.19. The van der Waals surface area contributed by atoms with Crippen LogP contribution in [0.3, 0.4) is 0 Å². The monoisotopic (exact) mass is 327 g/mol. The number of hydrogen-bond donors (Lipinski definition) is 0. The number of halogens is 1. The summed E-state index contributed by atoms with van der Waals surface area (Å²) >= 11 is 6.03. The van der Waals surface area contributed by atoms with Gasteiger partial charge in [-0.3, -0.25) is 0 Å². The van der Waals surface area contributed by atoms with E-state index in [1.165, 1.54) is 11.1 Å². The molecule has 0 bridgehead atoms. The molecule has 5 heteroatoms. The van der Waals surface area contributed by atoms with Gasteiger partial charge in [-0.2, -0.15) is 0 Å². The van der Waals surface area contributed by atoms with E-state index in [-0.39, 0.29) is 5.38 Å². The smallest absolute Gasteiger partial charge is 0.318 e. The second-order valence-corrected chi connectivity index (χ2v) is 6.02. The molecule has 2 aromatic carbocycles. The fourth-order valence-corrected chi connectivity index (χ4v) is 2.40. The van der Waals surface area contributed by atoms with Crippen LogP contribution in [0.1, 0.15) is 29.3 Å². The van der Waals surface area contributed by atoms with Gasteiger partial charge in [0, 0.05) is 13.1 Å². The first-order valence-corrected chi connectivity index (χ1v) is 7.96. The fourth-order valence-electron chi connectivity index (χ4n) is 2.31. The van der Waals surface area contributed by atoms with Crippen molar-refractivity contribution in [2.75, 3.05) is 4.90 Å². The quantitative estimate of drug-likeness (QED) is 0.622. The number of rotatable bonds is 6. The van der Waals surface area contributed by atoms with Crippen molar-refractivity contribution in [3.8, 4) is 0 Å². The zero-order chi connectivity index (χ0) is 16.1. The van der Waals surface area contributed by atoms with Crippen molar-refractivity contribution in [3.05, 3.63) is 77.7 Å². The zero-order valence-electron chi connectivity index (χ0n) is 12.9. The maximum Gasteiger partial charge on any atom is 0.318 e. The predicted molar refractivity (Wildman–Crippen MR) is 91.3 cm³/mol. The van der Waals surface area contributed by atoms with E-state index in [0.29, 0.717) is 25.0 Å². The molecule has 3 rings (SSSR count). The van der Waals surface area contributed by atoms with E-state index in [0.717, 1.165) is 0 Å². The lowest BCUT2D eigenvalue weighted by Crippen LogP contribution is -2.22. The van der Waals surface area contributed by atoms with Gasteiger partial charge < -0.3 is 9.32 Å². The molecule has 1 atom stereocenters. The standard InChI is InChI=1S/C18H18ClN3O/c1-14(19)17-20-21-18(23-17)22(12-15-8-4-2-5-9-15)13-16-10-6-3-7-11-16/h2-11,14H,12-13H2,1H3. The molecule has 0 saturated carbocycles. The van der Waals surface area contributed by atoms with Gasteiger partial charge in [-0.1, -0.05) is 65.8 Å². The van der Waals surface area contributed by atoms with Gasteiger partial charge in [-0.25, -0.2) is 0 Å². The van der Waals surface area contributed by atoms with Crippen molar-refractivity contribution in [1.29, 1.82) is 0 Å². The highest BCUT2D eigenvalue weighted by molar-refractivity contribution is 6.20. The Hall–Kier alpha value is -2.33. The van der Waals surface area contributed by atoms with Gasteiger partial charge in [0.1, 0.15) is 5.38 Å². The van der Waals surface area contributed by atoms with Crippen molar-refractivity contribution in [1.82, 2.24) is 10.2 Å². The summed E-state index contributed by atoms with van der Waals surface area (Å²) in [5, 5.41) is 7.88. The molecule has 4 nitrogen and oxygen atoms in total. The number of anilines is 1. The Morgan fingerprint density at radius 3 is 1.87 bits per heavy atom. The molecular formula is C18H18ClN3O. The first-order valence-electron chi connectivity index (χ1n) is 7.52. The first kappa shape index (κ1) is 15.6. The van der Waals surface area contributed by atoms with Crippen LogP contribution in [0.5, 0.6) is 0 Å². The highest BCUT2D eigenvalue weighted by Crippen LogP contribution is 2.24. The van der Waals surface area contributed by atoms with E-state index >= 15 is 0 Å². The van der Waals surface area contributed by atoms with Gasteiger partial charge in [0.15, 0.2) is 0 Å². The van der Waals surface area contributed by atoms with Crippen LogP contribution < -0.4 is 4.90 Å². The summed E-state index contributed by atoms with van der Waals surface area (Å²) in [5.41, 5.74) is 2.37. The van der Waals surface area contributed by atoms with Crippen LogP contribution in [0.4, 0.5) is 6.01 Å². The number of benzene rings is 2. The van der Waals surface area contributed by atoms with E-state index < -0.39 is 0 Å². The number of aromatic nitrogens is 2. The normalized spacial score (nSPS) is 12.1. The molecule has 0 spiro atoms. The van der Waals surface area contributed by atoms with Crippen LogP contribution in [0.25, 0.3) is 0 Å². The van der Waals surface area contributed by atoms with Gasteiger partial charge in [0.2, 0.25) is 5.89 Å². The van der Waals surface area contributed by atoms with Crippen LogP contribution in [0.2, 0.25) is 0 Å². The molecule has 23 heavy (non-hydrogen) atoms. The van der Waals surface area contributed by atoms with Crippen LogP contribution in [-0.2, 0) is 13.1 Å². The summed E-state index contributed by atoms with van der Waals surface area (Å²) in [6.07, 6.45) is 0. The highest BCUT2D eigenvalue weighted by atomic mass is 35.5. The average molecular weight is 328 g/mol.